The van der Waals surface area contributed by atoms with Gasteiger partial charge in [-0.05, 0) is 44.7 Å². The number of unbranched alkanes of at least 4 members (excludes halogenated alkanes) is 1. The average molecular weight is 354 g/mol. The van der Waals surface area contributed by atoms with E-state index >= 15 is 0 Å². The van der Waals surface area contributed by atoms with Crippen LogP contribution < -0.4 is 10.6 Å². The second-order valence-electron chi connectivity index (χ2n) is 6.77. The van der Waals surface area contributed by atoms with Crippen LogP contribution in [0.15, 0.2) is 24.3 Å². The number of amides is 2. The minimum absolute atomic E-state index is 0.198. The molecule has 0 radical (unpaired) electrons. The predicted molar refractivity (Wildman–Crippen MR) is 102 cm³/mol. The van der Waals surface area contributed by atoms with E-state index in [9.17, 15) is 9.59 Å². The molecule has 1 aliphatic rings. The van der Waals surface area contributed by atoms with Crippen LogP contribution in [0.5, 0.6) is 0 Å². The van der Waals surface area contributed by atoms with Crippen molar-refractivity contribution >= 4 is 17.5 Å². The molecule has 2 N–H and O–H groups in total. The first kappa shape index (κ1) is 18.2. The van der Waals surface area contributed by atoms with E-state index in [4.69, 9.17) is 0 Å². The Kier molecular flexibility index (Phi) is 5.71. The van der Waals surface area contributed by atoms with Crippen LogP contribution in [0.2, 0.25) is 0 Å². The van der Waals surface area contributed by atoms with E-state index in [0.717, 1.165) is 55.6 Å². The highest BCUT2D eigenvalue weighted by molar-refractivity contribution is 6.05. The molecule has 6 nitrogen and oxygen atoms in total. The van der Waals surface area contributed by atoms with E-state index in [2.05, 4.69) is 22.5 Å². The van der Waals surface area contributed by atoms with Gasteiger partial charge >= 0.3 is 0 Å². The van der Waals surface area contributed by atoms with Gasteiger partial charge in [0.15, 0.2) is 11.5 Å². The van der Waals surface area contributed by atoms with Crippen LogP contribution in [-0.2, 0) is 13.0 Å². The second kappa shape index (κ2) is 8.17. The van der Waals surface area contributed by atoms with Gasteiger partial charge in [0.25, 0.3) is 11.8 Å². The summed E-state index contributed by atoms with van der Waals surface area (Å²) in [5, 5.41) is 5.80. The Morgan fingerprint density at radius 2 is 1.92 bits per heavy atom. The maximum absolute atomic E-state index is 12.7. The highest BCUT2D eigenvalue weighted by Gasteiger charge is 2.27. The molecule has 3 rings (SSSR count). The molecule has 6 heteroatoms. The number of benzene rings is 1. The lowest BCUT2D eigenvalue weighted by Crippen LogP contribution is -2.28. The largest absolute Gasteiger partial charge is 0.349 e. The summed E-state index contributed by atoms with van der Waals surface area (Å²) in [5.74, 6) is -0.104. The molecule has 0 spiro atoms. The number of nitrogens with one attached hydrogen (secondary N) is 2. The second-order valence-corrected chi connectivity index (χ2v) is 6.77. The Morgan fingerprint density at radius 3 is 2.65 bits per heavy atom. The lowest BCUT2D eigenvalue weighted by atomic mass is 10.1. The van der Waals surface area contributed by atoms with E-state index in [1.54, 1.807) is 0 Å². The van der Waals surface area contributed by atoms with Crippen molar-refractivity contribution in [3.63, 3.8) is 0 Å². The molecular weight excluding hydrogens is 328 g/mol. The zero-order valence-corrected chi connectivity index (χ0v) is 15.5. The highest BCUT2D eigenvalue weighted by atomic mass is 16.2. The van der Waals surface area contributed by atoms with Gasteiger partial charge in [-0.1, -0.05) is 31.0 Å². The molecule has 1 aliphatic heterocycles. The van der Waals surface area contributed by atoms with Crippen molar-refractivity contribution in [2.45, 2.75) is 52.5 Å². The van der Waals surface area contributed by atoms with Crippen molar-refractivity contribution in [2.24, 2.45) is 0 Å². The molecule has 0 atom stereocenters. The van der Waals surface area contributed by atoms with Gasteiger partial charge in [0, 0.05) is 18.8 Å². The zero-order valence-electron chi connectivity index (χ0n) is 15.5. The number of anilines is 1. The zero-order chi connectivity index (χ0) is 18.5. The summed E-state index contributed by atoms with van der Waals surface area (Å²) in [5.41, 5.74) is 3.09. The molecule has 2 aromatic rings. The Labute approximate surface area is 154 Å². The van der Waals surface area contributed by atoms with E-state index in [0.29, 0.717) is 18.1 Å². The molecule has 1 aromatic heterocycles. The van der Waals surface area contributed by atoms with Crippen molar-refractivity contribution < 1.29 is 9.59 Å². The van der Waals surface area contributed by atoms with Crippen molar-refractivity contribution in [3.8, 4) is 0 Å². The number of carbonyl (C=O) groups excluding carboxylic acids is 2. The van der Waals surface area contributed by atoms with Crippen LogP contribution >= 0.6 is 0 Å². The van der Waals surface area contributed by atoms with Crippen LogP contribution in [0.4, 0.5) is 5.69 Å². The predicted octanol–water partition coefficient (Wildman–Crippen LogP) is 3.31. The third kappa shape index (κ3) is 3.95. The summed E-state index contributed by atoms with van der Waals surface area (Å²) in [7, 11) is 0. The summed E-state index contributed by atoms with van der Waals surface area (Å²) in [6.45, 7) is 5.44. The molecule has 0 unspecified atom stereocenters. The molecular formula is C20H26N4O2. The third-order valence-electron chi connectivity index (χ3n) is 4.66. The molecule has 0 bridgehead atoms. The first-order chi connectivity index (χ1) is 12.6. The fourth-order valence-corrected chi connectivity index (χ4v) is 3.18. The van der Waals surface area contributed by atoms with Gasteiger partial charge in [-0.2, -0.15) is 0 Å². The SMILES string of the molecule is CCCCNC(=O)c1nc(C(=O)Nc2ccc(C)cc2)c2n1CCCC2. The number of aryl methyl sites for hydroxylation is 1. The summed E-state index contributed by atoms with van der Waals surface area (Å²) in [4.78, 5) is 29.7. The molecule has 2 amide bonds. The molecule has 26 heavy (non-hydrogen) atoms. The fourth-order valence-electron chi connectivity index (χ4n) is 3.18. The number of fused-ring (bicyclic) bond motifs is 1. The van der Waals surface area contributed by atoms with E-state index in [1.165, 1.54) is 0 Å². The molecule has 0 saturated heterocycles. The average Bonchev–Trinajstić information content (AvgIpc) is 3.04. The first-order valence-corrected chi connectivity index (χ1v) is 9.35. The van der Waals surface area contributed by atoms with Crippen molar-refractivity contribution in [3.05, 3.63) is 47.0 Å². The number of nitrogens with zero attached hydrogens (tertiary/aromatic N) is 2. The molecule has 138 valence electrons. The van der Waals surface area contributed by atoms with Crippen LogP contribution in [0.3, 0.4) is 0 Å². The van der Waals surface area contributed by atoms with Gasteiger partial charge in [0.1, 0.15) is 0 Å². The molecule has 0 aliphatic carbocycles. The van der Waals surface area contributed by atoms with Gasteiger partial charge in [-0.15, -0.1) is 0 Å². The monoisotopic (exact) mass is 354 g/mol. The van der Waals surface area contributed by atoms with Crippen LogP contribution in [0.1, 0.15) is 65.0 Å². The number of carbonyl (C=O) groups is 2. The highest BCUT2D eigenvalue weighted by Crippen LogP contribution is 2.22. The van der Waals surface area contributed by atoms with Gasteiger partial charge in [0.05, 0.1) is 5.69 Å². The maximum atomic E-state index is 12.7. The quantitative estimate of drug-likeness (QED) is 0.782. The Hall–Kier alpha value is -2.63. The number of aromatic nitrogens is 2. The lowest BCUT2D eigenvalue weighted by Gasteiger charge is -2.17. The number of hydrogen-bond donors (Lipinski definition) is 2. The minimum atomic E-state index is -0.257. The molecule has 0 saturated carbocycles. The Morgan fingerprint density at radius 1 is 1.15 bits per heavy atom. The fraction of sp³-hybridized carbons (Fsp3) is 0.450. The van der Waals surface area contributed by atoms with Gasteiger partial charge < -0.3 is 15.2 Å². The van der Waals surface area contributed by atoms with Gasteiger partial charge in [-0.25, -0.2) is 4.98 Å². The maximum Gasteiger partial charge on any atom is 0.287 e. The van der Waals surface area contributed by atoms with Crippen LogP contribution in [0, 0.1) is 6.92 Å². The van der Waals surface area contributed by atoms with Gasteiger partial charge in [-0.3, -0.25) is 9.59 Å². The first-order valence-electron chi connectivity index (χ1n) is 9.35. The standard InChI is InChI=1S/C20H26N4O2/c1-3-4-12-21-20(26)18-23-17(16-7-5-6-13-24(16)18)19(25)22-15-10-8-14(2)9-11-15/h8-11H,3-7,12-13H2,1-2H3,(H,21,26)(H,22,25). The summed E-state index contributed by atoms with van der Waals surface area (Å²) in [6, 6.07) is 7.64. The number of rotatable bonds is 6. The summed E-state index contributed by atoms with van der Waals surface area (Å²) < 4.78 is 1.91. The molecule has 0 fully saturated rings. The summed E-state index contributed by atoms with van der Waals surface area (Å²) in [6.07, 6.45) is 4.72. The normalized spacial score (nSPS) is 13.2. The Bertz CT molecular complexity index is 793. The van der Waals surface area contributed by atoms with Crippen molar-refractivity contribution in [1.29, 1.82) is 0 Å². The van der Waals surface area contributed by atoms with E-state index in [1.807, 2.05) is 35.8 Å². The molecule has 1 aromatic carbocycles. The lowest BCUT2D eigenvalue weighted by molar-refractivity contribution is 0.0937. The number of imidazole rings is 1. The minimum Gasteiger partial charge on any atom is -0.349 e. The van der Waals surface area contributed by atoms with E-state index in [-0.39, 0.29) is 11.8 Å². The van der Waals surface area contributed by atoms with E-state index < -0.39 is 0 Å². The summed E-state index contributed by atoms with van der Waals surface area (Å²) >= 11 is 0. The van der Waals surface area contributed by atoms with Crippen molar-refractivity contribution in [1.82, 2.24) is 14.9 Å². The smallest absolute Gasteiger partial charge is 0.287 e. The Balaban J connectivity index is 1.83. The number of hydrogen-bond acceptors (Lipinski definition) is 3. The van der Waals surface area contributed by atoms with Crippen molar-refractivity contribution in [2.75, 3.05) is 11.9 Å². The van der Waals surface area contributed by atoms with Crippen LogP contribution in [-0.4, -0.2) is 27.9 Å². The third-order valence-corrected chi connectivity index (χ3v) is 4.66. The molecule has 2 heterocycles. The topological polar surface area (TPSA) is 76.0 Å². The van der Waals surface area contributed by atoms with Crippen LogP contribution in [0.25, 0.3) is 0 Å². The van der Waals surface area contributed by atoms with Gasteiger partial charge in [0.2, 0.25) is 0 Å².